The average molecular weight is 287 g/mol. The minimum absolute atomic E-state index is 0.0115. The van der Waals surface area contributed by atoms with E-state index in [1.54, 1.807) is 0 Å². The van der Waals surface area contributed by atoms with Crippen LogP contribution in [-0.2, 0) is 4.79 Å². The van der Waals surface area contributed by atoms with E-state index in [-0.39, 0.29) is 13.0 Å². The number of carboxylic acid groups (broad SMARTS) is 1. The first kappa shape index (κ1) is 16.7. The quantitative estimate of drug-likeness (QED) is 0.522. The summed E-state index contributed by atoms with van der Waals surface area (Å²) in [4.78, 5) is 24.8. The first-order valence-corrected chi connectivity index (χ1v) is 7.17. The molecule has 1 aliphatic heterocycles. The zero-order valence-electron chi connectivity index (χ0n) is 12.0. The van der Waals surface area contributed by atoms with Crippen LogP contribution in [0.1, 0.15) is 26.2 Å². The molecule has 0 spiro atoms. The van der Waals surface area contributed by atoms with Gasteiger partial charge in [0, 0.05) is 19.6 Å². The van der Waals surface area contributed by atoms with Gasteiger partial charge in [0.05, 0.1) is 0 Å². The highest BCUT2D eigenvalue weighted by Crippen LogP contribution is 2.15. The number of hydrogen-bond donors (Lipinski definition) is 4. The molecule has 0 radical (unpaired) electrons. The summed E-state index contributed by atoms with van der Waals surface area (Å²) in [7, 11) is 0. The summed E-state index contributed by atoms with van der Waals surface area (Å²) in [6.45, 7) is 5.59. The van der Waals surface area contributed by atoms with E-state index in [2.05, 4.69) is 22.5 Å². The van der Waals surface area contributed by atoms with Gasteiger partial charge < -0.3 is 25.7 Å². The summed E-state index contributed by atoms with van der Waals surface area (Å²) in [5.41, 5.74) is 0. The number of amides is 2. The van der Waals surface area contributed by atoms with Gasteiger partial charge in [-0.2, -0.15) is 0 Å². The fourth-order valence-electron chi connectivity index (χ4n) is 2.34. The van der Waals surface area contributed by atoms with Crippen molar-refractivity contribution in [2.24, 2.45) is 5.92 Å². The van der Waals surface area contributed by atoms with Gasteiger partial charge in [0.25, 0.3) is 0 Å². The number of rotatable bonds is 7. The van der Waals surface area contributed by atoms with Gasteiger partial charge in [-0.3, -0.25) is 0 Å². The van der Waals surface area contributed by atoms with Gasteiger partial charge in [0.2, 0.25) is 0 Å². The Kier molecular flexibility index (Phi) is 7.32. The first-order valence-electron chi connectivity index (χ1n) is 7.17. The van der Waals surface area contributed by atoms with Gasteiger partial charge in [0.15, 0.2) is 0 Å². The number of aliphatic hydroxyl groups excluding tert-OH is 1. The Bertz CT molecular complexity index is 317. The molecule has 0 aromatic rings. The van der Waals surface area contributed by atoms with E-state index < -0.39 is 18.0 Å². The van der Waals surface area contributed by atoms with Crippen molar-refractivity contribution < 1.29 is 19.8 Å². The molecule has 20 heavy (non-hydrogen) atoms. The fraction of sp³-hybridized carbons (Fsp3) is 0.846. The molecule has 1 atom stereocenters. The van der Waals surface area contributed by atoms with Crippen LogP contribution in [0.2, 0.25) is 0 Å². The standard InChI is InChI=1S/C13H25N3O4/c1-2-16-6-3-10(4-7-16)9-14-13(20)15-11(5-8-17)12(18)19/h10-11,17H,2-9H2,1H3,(H,18,19)(H2,14,15,20). The van der Waals surface area contributed by atoms with Crippen molar-refractivity contribution in [1.82, 2.24) is 15.5 Å². The summed E-state index contributed by atoms with van der Waals surface area (Å²) < 4.78 is 0. The third kappa shape index (κ3) is 5.75. The molecule has 1 fully saturated rings. The Morgan fingerprint density at radius 3 is 2.50 bits per heavy atom. The lowest BCUT2D eigenvalue weighted by molar-refractivity contribution is -0.139. The molecule has 1 heterocycles. The van der Waals surface area contributed by atoms with Gasteiger partial charge in [0.1, 0.15) is 6.04 Å². The third-order valence-corrected chi connectivity index (χ3v) is 3.73. The number of nitrogens with one attached hydrogen (secondary N) is 2. The molecule has 1 aliphatic rings. The van der Waals surface area contributed by atoms with Crippen molar-refractivity contribution in [3.8, 4) is 0 Å². The third-order valence-electron chi connectivity index (χ3n) is 3.73. The fourth-order valence-corrected chi connectivity index (χ4v) is 2.34. The maximum absolute atomic E-state index is 11.6. The molecule has 0 aromatic heterocycles. The lowest BCUT2D eigenvalue weighted by atomic mass is 9.97. The number of piperidine rings is 1. The molecule has 4 N–H and O–H groups in total. The second kappa shape index (κ2) is 8.76. The largest absolute Gasteiger partial charge is 0.480 e. The SMILES string of the molecule is CCN1CCC(CNC(=O)NC(CCO)C(=O)O)CC1. The highest BCUT2D eigenvalue weighted by Gasteiger charge is 2.21. The van der Waals surface area contributed by atoms with E-state index in [0.717, 1.165) is 32.5 Å². The molecule has 7 nitrogen and oxygen atoms in total. The Morgan fingerprint density at radius 1 is 1.35 bits per heavy atom. The summed E-state index contributed by atoms with van der Waals surface area (Å²) in [5, 5.41) is 22.7. The van der Waals surface area contributed by atoms with Crippen LogP contribution < -0.4 is 10.6 Å². The van der Waals surface area contributed by atoms with E-state index in [4.69, 9.17) is 10.2 Å². The zero-order valence-corrected chi connectivity index (χ0v) is 12.0. The van der Waals surface area contributed by atoms with Gasteiger partial charge in [-0.15, -0.1) is 0 Å². The zero-order chi connectivity index (χ0) is 15.0. The first-order chi connectivity index (χ1) is 9.56. The predicted octanol–water partition coefficient (Wildman–Crippen LogP) is -0.147. The predicted molar refractivity (Wildman–Crippen MR) is 74.5 cm³/mol. The average Bonchev–Trinajstić information content (AvgIpc) is 2.45. The lowest BCUT2D eigenvalue weighted by Crippen LogP contribution is -2.48. The highest BCUT2D eigenvalue weighted by atomic mass is 16.4. The number of carbonyl (C=O) groups is 2. The topological polar surface area (TPSA) is 102 Å². The summed E-state index contributed by atoms with van der Waals surface area (Å²) in [5.74, 6) is -0.685. The van der Waals surface area contributed by atoms with E-state index in [9.17, 15) is 9.59 Å². The van der Waals surface area contributed by atoms with Crippen LogP contribution in [0.25, 0.3) is 0 Å². The van der Waals surface area contributed by atoms with Crippen LogP contribution in [0, 0.1) is 5.92 Å². The second-order valence-corrected chi connectivity index (χ2v) is 5.14. The van der Waals surface area contributed by atoms with E-state index in [0.29, 0.717) is 12.5 Å². The smallest absolute Gasteiger partial charge is 0.326 e. The summed E-state index contributed by atoms with van der Waals surface area (Å²) in [6, 6.07) is -1.52. The minimum atomic E-state index is -1.13. The number of urea groups is 1. The van der Waals surface area contributed by atoms with Crippen molar-refractivity contribution in [3.63, 3.8) is 0 Å². The van der Waals surface area contributed by atoms with Crippen molar-refractivity contribution in [2.75, 3.05) is 32.8 Å². The minimum Gasteiger partial charge on any atom is -0.480 e. The molecule has 1 saturated heterocycles. The van der Waals surface area contributed by atoms with Gasteiger partial charge in [-0.05, 0) is 38.4 Å². The monoisotopic (exact) mass is 287 g/mol. The molecular formula is C13H25N3O4. The van der Waals surface area contributed by atoms with Crippen LogP contribution in [-0.4, -0.2) is 65.9 Å². The van der Waals surface area contributed by atoms with Crippen molar-refractivity contribution >= 4 is 12.0 Å². The number of carboxylic acids is 1. The second-order valence-electron chi connectivity index (χ2n) is 5.14. The molecule has 2 amide bonds. The maximum atomic E-state index is 11.6. The summed E-state index contributed by atoms with van der Waals surface area (Å²) in [6.07, 6.45) is 2.11. The van der Waals surface area contributed by atoms with Gasteiger partial charge >= 0.3 is 12.0 Å². The number of likely N-dealkylation sites (tertiary alicyclic amines) is 1. The lowest BCUT2D eigenvalue weighted by Gasteiger charge is -2.31. The molecule has 116 valence electrons. The molecule has 7 heteroatoms. The Balaban J connectivity index is 2.24. The Labute approximate surface area is 119 Å². The number of aliphatic carboxylic acids is 1. The molecule has 1 unspecified atom stereocenters. The molecule has 0 aliphatic carbocycles. The van der Waals surface area contributed by atoms with Crippen LogP contribution in [0.5, 0.6) is 0 Å². The molecule has 0 bridgehead atoms. The number of nitrogens with zero attached hydrogens (tertiary/aromatic N) is 1. The molecular weight excluding hydrogens is 262 g/mol. The van der Waals surface area contributed by atoms with E-state index in [1.807, 2.05) is 0 Å². The van der Waals surface area contributed by atoms with Gasteiger partial charge in [-0.25, -0.2) is 9.59 Å². The molecule has 0 saturated carbocycles. The van der Waals surface area contributed by atoms with Crippen LogP contribution >= 0.6 is 0 Å². The van der Waals surface area contributed by atoms with Crippen molar-refractivity contribution in [2.45, 2.75) is 32.2 Å². The van der Waals surface area contributed by atoms with Crippen LogP contribution in [0.4, 0.5) is 4.79 Å². The highest BCUT2D eigenvalue weighted by molar-refractivity contribution is 5.82. The van der Waals surface area contributed by atoms with Crippen molar-refractivity contribution in [3.05, 3.63) is 0 Å². The van der Waals surface area contributed by atoms with Gasteiger partial charge in [-0.1, -0.05) is 6.92 Å². The van der Waals surface area contributed by atoms with Crippen molar-refractivity contribution in [1.29, 1.82) is 0 Å². The Hall–Kier alpha value is -1.34. The number of hydrogen-bond acceptors (Lipinski definition) is 4. The maximum Gasteiger partial charge on any atom is 0.326 e. The van der Waals surface area contributed by atoms with E-state index >= 15 is 0 Å². The normalized spacial score (nSPS) is 18.5. The molecule has 0 aromatic carbocycles. The summed E-state index contributed by atoms with van der Waals surface area (Å²) >= 11 is 0. The Morgan fingerprint density at radius 2 is 2.00 bits per heavy atom. The number of carbonyl (C=O) groups excluding carboxylic acids is 1. The van der Waals surface area contributed by atoms with Crippen LogP contribution in [0.15, 0.2) is 0 Å². The molecule has 1 rings (SSSR count). The number of aliphatic hydroxyl groups is 1. The van der Waals surface area contributed by atoms with E-state index in [1.165, 1.54) is 0 Å². The van der Waals surface area contributed by atoms with Crippen LogP contribution in [0.3, 0.4) is 0 Å².